The highest BCUT2D eigenvalue weighted by Gasteiger charge is 2.45. The van der Waals surface area contributed by atoms with Crippen LogP contribution in [0.5, 0.6) is 0 Å². The second-order valence-electron chi connectivity index (χ2n) is 10.2. The second kappa shape index (κ2) is 10.3. The molecule has 5 aliphatic rings. The third-order valence-electron chi connectivity index (χ3n) is 6.58. The molecule has 2 fully saturated rings. The van der Waals surface area contributed by atoms with Gasteiger partial charge in [0.15, 0.2) is 18.4 Å². The van der Waals surface area contributed by atoms with Crippen molar-refractivity contribution in [2.75, 3.05) is 4.90 Å². The highest BCUT2D eigenvalue weighted by Crippen LogP contribution is 2.31. The van der Waals surface area contributed by atoms with Crippen molar-refractivity contribution in [2.45, 2.75) is 97.4 Å². The quantitative estimate of drug-likeness (QED) is 0.617. The van der Waals surface area contributed by atoms with E-state index in [0.29, 0.717) is 25.1 Å². The van der Waals surface area contributed by atoms with Gasteiger partial charge in [-0.3, -0.25) is 19.3 Å². The minimum Gasteiger partial charge on any atom is -0.475 e. The molecular formula is C24H34N6O6. The number of carbonyl (C=O) groups is 3. The van der Waals surface area contributed by atoms with Gasteiger partial charge in [0.2, 0.25) is 23.9 Å². The van der Waals surface area contributed by atoms with E-state index in [4.69, 9.17) is 14.1 Å². The molecule has 6 rings (SSSR count). The van der Waals surface area contributed by atoms with E-state index in [1.165, 1.54) is 12.7 Å². The molecule has 0 aliphatic carbocycles. The number of fused-ring (bicyclic) bond motifs is 3. The number of hydrogen-bond acceptors (Lipinski definition) is 9. The Morgan fingerprint density at radius 2 is 1.61 bits per heavy atom. The smallest absolute Gasteiger partial charge is 0.233 e. The summed E-state index contributed by atoms with van der Waals surface area (Å²) in [5.41, 5.74) is 0.897. The van der Waals surface area contributed by atoms with Gasteiger partial charge in [-0.15, -0.1) is 0 Å². The van der Waals surface area contributed by atoms with E-state index in [1.807, 2.05) is 41.5 Å². The molecule has 0 spiro atoms. The number of oxime groups is 1. The molecule has 4 unspecified atom stereocenters. The summed E-state index contributed by atoms with van der Waals surface area (Å²) in [7, 11) is 0. The fraction of sp³-hybridized carbons (Fsp3) is 0.667. The third kappa shape index (κ3) is 4.80. The minimum atomic E-state index is -0.127. The monoisotopic (exact) mass is 502 g/mol. The van der Waals surface area contributed by atoms with Gasteiger partial charge in [-0.25, -0.2) is 4.99 Å². The van der Waals surface area contributed by atoms with Gasteiger partial charge in [-0.05, 0) is 41.5 Å². The van der Waals surface area contributed by atoms with Gasteiger partial charge in [-0.2, -0.15) is 0 Å². The van der Waals surface area contributed by atoms with Crippen molar-refractivity contribution >= 4 is 36.2 Å². The maximum absolute atomic E-state index is 11.4. The average molecular weight is 503 g/mol. The third-order valence-corrected chi connectivity index (χ3v) is 6.58. The molecule has 0 bridgehead atoms. The molecule has 0 radical (unpaired) electrons. The first-order valence-corrected chi connectivity index (χ1v) is 12.3. The fourth-order valence-electron chi connectivity index (χ4n) is 5.00. The molecule has 3 amide bonds. The summed E-state index contributed by atoms with van der Waals surface area (Å²) in [6.07, 6.45) is 5.96. The van der Waals surface area contributed by atoms with E-state index >= 15 is 0 Å². The Morgan fingerprint density at radius 1 is 0.917 bits per heavy atom. The zero-order valence-corrected chi connectivity index (χ0v) is 21.5. The predicted molar refractivity (Wildman–Crippen MR) is 130 cm³/mol. The Labute approximate surface area is 210 Å². The van der Waals surface area contributed by atoms with Crippen molar-refractivity contribution < 1.29 is 28.5 Å². The molecule has 12 nitrogen and oxygen atoms in total. The van der Waals surface area contributed by atoms with Gasteiger partial charge < -0.3 is 23.9 Å². The van der Waals surface area contributed by atoms with Crippen molar-refractivity contribution in [1.82, 2.24) is 15.0 Å². The summed E-state index contributed by atoms with van der Waals surface area (Å²) < 4.78 is 9.95. The van der Waals surface area contributed by atoms with Crippen LogP contribution in [0.3, 0.4) is 0 Å². The molecular weight excluding hydrogens is 468 g/mol. The minimum absolute atomic E-state index is 0.0279. The van der Waals surface area contributed by atoms with Crippen LogP contribution in [0.2, 0.25) is 0 Å². The molecule has 0 aromatic carbocycles. The molecule has 0 N–H and O–H groups in total. The first-order chi connectivity index (χ1) is 17.1. The van der Waals surface area contributed by atoms with Crippen LogP contribution in [0.1, 0.15) is 59.9 Å². The number of rotatable bonds is 3. The molecule has 0 saturated carbocycles. The van der Waals surface area contributed by atoms with Crippen molar-refractivity contribution in [3.63, 3.8) is 0 Å². The maximum atomic E-state index is 11.4. The number of anilines is 1. The lowest BCUT2D eigenvalue weighted by atomic mass is 10.1. The Kier molecular flexibility index (Phi) is 7.32. The highest BCUT2D eigenvalue weighted by molar-refractivity contribution is 6.00. The Bertz CT molecular complexity index is 1050. The molecule has 6 heterocycles. The van der Waals surface area contributed by atoms with E-state index in [2.05, 4.69) is 15.3 Å². The average Bonchev–Trinajstić information content (AvgIpc) is 3.56. The predicted octanol–water partition coefficient (Wildman–Crippen LogP) is 1.94. The molecule has 2 saturated heterocycles. The lowest BCUT2D eigenvalue weighted by Crippen LogP contribution is -2.40. The largest absolute Gasteiger partial charge is 0.475 e. The van der Waals surface area contributed by atoms with Gasteiger partial charge >= 0.3 is 0 Å². The van der Waals surface area contributed by atoms with Crippen LogP contribution in [0.25, 0.3) is 0 Å². The summed E-state index contributed by atoms with van der Waals surface area (Å²) >= 11 is 0. The van der Waals surface area contributed by atoms with E-state index in [1.54, 1.807) is 20.9 Å². The van der Waals surface area contributed by atoms with Crippen LogP contribution in [0, 0.1) is 5.92 Å². The number of carbonyl (C=O) groups excluding carboxylic acids is 3. The summed E-state index contributed by atoms with van der Waals surface area (Å²) in [4.78, 5) is 48.6. The van der Waals surface area contributed by atoms with Crippen LogP contribution < -0.4 is 4.90 Å². The van der Waals surface area contributed by atoms with Crippen molar-refractivity contribution in [3.05, 3.63) is 11.8 Å². The first kappa shape index (κ1) is 25.6. The van der Waals surface area contributed by atoms with Crippen LogP contribution in [-0.4, -0.2) is 81.9 Å². The summed E-state index contributed by atoms with van der Waals surface area (Å²) in [5.74, 6) is 1.30. The number of hydrogen-bond donors (Lipinski definition) is 0. The molecule has 4 atom stereocenters. The Hall–Kier alpha value is -3.44. The normalized spacial score (nSPS) is 27.2. The van der Waals surface area contributed by atoms with Gasteiger partial charge in [0.1, 0.15) is 12.4 Å². The highest BCUT2D eigenvalue weighted by atomic mass is 16.7. The molecule has 1 aromatic rings. The standard InChI is InChI=1S/C8H12N2O2.C8H10N2O2.C8H12N2O2/c1-5(2)10-7(11)3-6-8(10)9-4-12-6;1-5(2)10-7(11)3-6-4-12-9-8(6)10;1-5(2)10-7(11)3-6-4-9-12-8(6)10/h4-6,8H,3H2,1-2H3;4-5H,3H2,1-2H3;4-6,8H,3H2,1-2H3. The molecule has 1 aromatic heterocycles. The lowest BCUT2D eigenvalue weighted by Gasteiger charge is -2.25. The van der Waals surface area contributed by atoms with Crippen LogP contribution in [-0.2, 0) is 30.4 Å². The van der Waals surface area contributed by atoms with Crippen molar-refractivity contribution in [1.29, 1.82) is 0 Å². The summed E-state index contributed by atoms with van der Waals surface area (Å²) in [5, 5.41) is 7.50. The van der Waals surface area contributed by atoms with E-state index in [0.717, 1.165) is 5.56 Å². The summed E-state index contributed by atoms with van der Waals surface area (Å²) in [6.45, 7) is 11.9. The zero-order chi connectivity index (χ0) is 26.1. The number of nitrogens with zero attached hydrogens (tertiary/aromatic N) is 6. The van der Waals surface area contributed by atoms with E-state index in [-0.39, 0.29) is 60.3 Å². The zero-order valence-electron chi connectivity index (χ0n) is 21.5. The molecule has 5 aliphatic heterocycles. The van der Waals surface area contributed by atoms with Gasteiger partial charge in [0.25, 0.3) is 0 Å². The number of ether oxygens (including phenoxy) is 1. The Balaban J connectivity index is 0.000000127. The number of likely N-dealkylation sites (tertiary alicyclic amines) is 2. The molecule has 12 heteroatoms. The number of aromatic nitrogens is 1. The summed E-state index contributed by atoms with van der Waals surface area (Å²) in [6, 6.07) is 0.574. The van der Waals surface area contributed by atoms with Crippen LogP contribution >= 0.6 is 0 Å². The van der Waals surface area contributed by atoms with Gasteiger partial charge in [-0.1, -0.05) is 10.3 Å². The van der Waals surface area contributed by atoms with Crippen LogP contribution in [0.4, 0.5) is 5.82 Å². The molecule has 36 heavy (non-hydrogen) atoms. The van der Waals surface area contributed by atoms with Gasteiger partial charge in [0, 0.05) is 30.1 Å². The van der Waals surface area contributed by atoms with E-state index in [9.17, 15) is 14.4 Å². The number of amides is 3. The number of aliphatic imine (C=N–C) groups is 1. The first-order valence-electron chi connectivity index (χ1n) is 12.3. The fourth-order valence-corrected chi connectivity index (χ4v) is 5.00. The topological polar surface area (TPSA) is 130 Å². The maximum Gasteiger partial charge on any atom is 0.233 e. The second-order valence-corrected chi connectivity index (χ2v) is 10.2. The van der Waals surface area contributed by atoms with Crippen molar-refractivity contribution in [2.24, 2.45) is 16.1 Å². The van der Waals surface area contributed by atoms with E-state index < -0.39 is 0 Å². The molecule has 196 valence electrons. The van der Waals surface area contributed by atoms with Crippen LogP contribution in [0.15, 0.2) is 20.9 Å². The lowest BCUT2D eigenvalue weighted by molar-refractivity contribution is -0.138. The Morgan fingerprint density at radius 3 is 2.28 bits per heavy atom. The SMILES string of the molecule is CC(C)N1C(=O)CC2C=NOC21.CC(C)N1C(=O)CC2OC=NC21.CC(C)N1C(=O)Cc2conc21. The van der Waals surface area contributed by atoms with Gasteiger partial charge in [0.05, 0.1) is 25.0 Å². The van der Waals surface area contributed by atoms with Crippen molar-refractivity contribution in [3.8, 4) is 0 Å².